The van der Waals surface area contributed by atoms with Crippen LogP contribution in [0.4, 0.5) is 5.69 Å². The topological polar surface area (TPSA) is 77.2 Å². The first-order valence-corrected chi connectivity index (χ1v) is 9.58. The summed E-state index contributed by atoms with van der Waals surface area (Å²) in [5, 5.41) is 6.80. The van der Waals surface area contributed by atoms with Crippen molar-refractivity contribution in [1.29, 1.82) is 0 Å². The fourth-order valence-electron chi connectivity index (χ4n) is 2.64. The van der Waals surface area contributed by atoms with E-state index in [1.807, 2.05) is 41.9 Å². The van der Waals surface area contributed by atoms with Crippen LogP contribution in [0.25, 0.3) is 11.5 Å². The Labute approximate surface area is 165 Å². The number of aromatic nitrogens is 2. The van der Waals surface area contributed by atoms with E-state index in [-0.39, 0.29) is 12.3 Å². The Morgan fingerprint density at radius 2 is 2.04 bits per heavy atom. The molecule has 4 aromatic rings. The average molecular weight is 391 g/mol. The number of carbonyl (C=O) groups is 1. The van der Waals surface area contributed by atoms with E-state index in [9.17, 15) is 4.79 Å². The molecule has 1 amide bonds. The van der Waals surface area contributed by atoms with Crippen molar-refractivity contribution in [2.24, 2.45) is 0 Å². The summed E-state index contributed by atoms with van der Waals surface area (Å²) in [4.78, 5) is 20.9. The predicted octanol–water partition coefficient (Wildman–Crippen LogP) is 5.08. The molecule has 1 aromatic carbocycles. The number of hydrogen-bond donors (Lipinski definition) is 1. The lowest BCUT2D eigenvalue weighted by molar-refractivity contribution is -0.115. The second-order valence-corrected chi connectivity index (χ2v) is 6.85. The summed E-state index contributed by atoms with van der Waals surface area (Å²) in [6.45, 7) is 1.81. The van der Waals surface area contributed by atoms with E-state index in [2.05, 4.69) is 15.3 Å². The summed E-state index contributed by atoms with van der Waals surface area (Å²) in [5.74, 6) is 2.31. The number of thiophene rings is 1. The lowest BCUT2D eigenvalue weighted by atomic mass is 10.2. The molecule has 140 valence electrons. The van der Waals surface area contributed by atoms with Crippen LogP contribution >= 0.6 is 11.3 Å². The van der Waals surface area contributed by atoms with E-state index in [0.29, 0.717) is 34.5 Å². The third kappa shape index (κ3) is 4.27. The smallest absolute Gasteiger partial charge is 0.230 e. The largest absolute Gasteiger partial charge is 0.457 e. The summed E-state index contributed by atoms with van der Waals surface area (Å²) in [5.41, 5.74) is 2.19. The molecule has 0 unspecified atom stereocenters. The lowest BCUT2D eigenvalue weighted by Gasteiger charge is -2.08. The van der Waals surface area contributed by atoms with E-state index < -0.39 is 0 Å². The number of amides is 1. The van der Waals surface area contributed by atoms with Gasteiger partial charge in [0, 0.05) is 35.1 Å². The van der Waals surface area contributed by atoms with Crippen LogP contribution in [-0.2, 0) is 11.2 Å². The van der Waals surface area contributed by atoms with Gasteiger partial charge < -0.3 is 14.5 Å². The van der Waals surface area contributed by atoms with Gasteiger partial charge in [-0.25, -0.2) is 4.98 Å². The Kier molecular flexibility index (Phi) is 5.16. The molecule has 6 nitrogen and oxygen atoms in total. The molecule has 0 aliphatic rings. The van der Waals surface area contributed by atoms with Crippen molar-refractivity contribution in [3.05, 3.63) is 77.1 Å². The fourth-order valence-corrected chi connectivity index (χ4v) is 3.27. The second kappa shape index (κ2) is 8.06. The van der Waals surface area contributed by atoms with E-state index in [0.717, 1.165) is 5.56 Å². The molecule has 0 aliphatic heterocycles. The number of nitrogens with zero attached hydrogens (tertiary/aromatic N) is 2. The number of hydrogen-bond acceptors (Lipinski definition) is 6. The number of ether oxygens (including phenoxy) is 1. The van der Waals surface area contributed by atoms with Crippen LogP contribution in [0.1, 0.15) is 11.5 Å². The van der Waals surface area contributed by atoms with Crippen molar-refractivity contribution in [3.8, 4) is 23.0 Å². The predicted molar refractivity (Wildman–Crippen MR) is 108 cm³/mol. The molecule has 0 bridgehead atoms. The molecule has 0 spiro atoms. The van der Waals surface area contributed by atoms with Gasteiger partial charge in [-0.1, -0.05) is 6.07 Å². The standard InChI is InChI=1S/C21H17N3O3S/c1-14-19(24-21(26-14)15-7-10-28-13-15)12-20(25)23-16-3-2-4-18(11-16)27-17-5-8-22-9-6-17/h2-11,13H,12H2,1H3,(H,23,25). The average Bonchev–Trinajstić information content (AvgIpc) is 3.33. The molecule has 0 saturated carbocycles. The Morgan fingerprint density at radius 1 is 1.18 bits per heavy atom. The molecule has 0 aliphatic carbocycles. The van der Waals surface area contributed by atoms with E-state index in [1.54, 1.807) is 41.9 Å². The monoisotopic (exact) mass is 391 g/mol. The van der Waals surface area contributed by atoms with Gasteiger partial charge in [0.1, 0.15) is 17.3 Å². The van der Waals surface area contributed by atoms with Crippen molar-refractivity contribution in [2.45, 2.75) is 13.3 Å². The number of nitrogens with one attached hydrogen (secondary N) is 1. The highest BCUT2D eigenvalue weighted by Gasteiger charge is 2.15. The number of carbonyl (C=O) groups excluding carboxylic acids is 1. The van der Waals surface area contributed by atoms with Crippen LogP contribution in [0.3, 0.4) is 0 Å². The van der Waals surface area contributed by atoms with Gasteiger partial charge >= 0.3 is 0 Å². The van der Waals surface area contributed by atoms with Gasteiger partial charge in [-0.05, 0) is 42.6 Å². The Balaban J connectivity index is 1.42. The third-order valence-corrected chi connectivity index (χ3v) is 4.68. The van der Waals surface area contributed by atoms with Crippen LogP contribution in [-0.4, -0.2) is 15.9 Å². The molecule has 0 radical (unpaired) electrons. The molecule has 4 rings (SSSR count). The van der Waals surface area contributed by atoms with Gasteiger partial charge in [0.2, 0.25) is 11.8 Å². The van der Waals surface area contributed by atoms with Crippen molar-refractivity contribution in [3.63, 3.8) is 0 Å². The number of anilines is 1. The number of benzene rings is 1. The van der Waals surface area contributed by atoms with Gasteiger partial charge in [-0.3, -0.25) is 9.78 Å². The molecular weight excluding hydrogens is 374 g/mol. The van der Waals surface area contributed by atoms with Crippen LogP contribution < -0.4 is 10.1 Å². The first kappa shape index (κ1) is 17.9. The lowest BCUT2D eigenvalue weighted by Crippen LogP contribution is -2.15. The highest BCUT2D eigenvalue weighted by atomic mass is 32.1. The molecule has 3 aromatic heterocycles. The molecule has 1 N–H and O–H groups in total. The minimum Gasteiger partial charge on any atom is -0.457 e. The maximum absolute atomic E-state index is 12.5. The van der Waals surface area contributed by atoms with Gasteiger partial charge in [0.25, 0.3) is 0 Å². The highest BCUT2D eigenvalue weighted by Crippen LogP contribution is 2.25. The molecule has 7 heteroatoms. The van der Waals surface area contributed by atoms with Crippen LogP contribution in [0.2, 0.25) is 0 Å². The number of oxazole rings is 1. The quantitative estimate of drug-likeness (QED) is 0.496. The highest BCUT2D eigenvalue weighted by molar-refractivity contribution is 7.08. The molecule has 0 atom stereocenters. The molecule has 0 saturated heterocycles. The Hall–Kier alpha value is -3.45. The molecule has 3 heterocycles. The van der Waals surface area contributed by atoms with E-state index in [1.165, 1.54) is 0 Å². The van der Waals surface area contributed by atoms with Crippen molar-refractivity contribution in [1.82, 2.24) is 9.97 Å². The Morgan fingerprint density at radius 3 is 2.82 bits per heavy atom. The number of rotatable bonds is 6. The third-order valence-electron chi connectivity index (χ3n) is 3.99. The second-order valence-electron chi connectivity index (χ2n) is 6.07. The van der Waals surface area contributed by atoms with Gasteiger partial charge in [-0.15, -0.1) is 0 Å². The summed E-state index contributed by atoms with van der Waals surface area (Å²) in [6, 6.07) is 12.7. The first-order valence-electron chi connectivity index (χ1n) is 8.64. The van der Waals surface area contributed by atoms with Crippen molar-refractivity contribution < 1.29 is 13.9 Å². The molecule has 28 heavy (non-hydrogen) atoms. The van der Waals surface area contributed by atoms with E-state index >= 15 is 0 Å². The summed E-state index contributed by atoms with van der Waals surface area (Å²) in [6.07, 6.45) is 3.45. The zero-order chi connectivity index (χ0) is 19.3. The first-order chi connectivity index (χ1) is 13.7. The zero-order valence-electron chi connectivity index (χ0n) is 15.1. The fraction of sp³-hybridized carbons (Fsp3) is 0.0952. The Bertz CT molecular complexity index is 1080. The summed E-state index contributed by atoms with van der Waals surface area (Å²) < 4.78 is 11.5. The van der Waals surface area contributed by atoms with Gasteiger partial charge in [0.05, 0.1) is 12.1 Å². The van der Waals surface area contributed by atoms with Gasteiger partial charge in [-0.2, -0.15) is 11.3 Å². The van der Waals surface area contributed by atoms with Crippen LogP contribution in [0.15, 0.2) is 70.0 Å². The maximum atomic E-state index is 12.5. The summed E-state index contributed by atoms with van der Waals surface area (Å²) in [7, 11) is 0. The number of pyridine rings is 1. The number of aryl methyl sites for hydroxylation is 1. The summed E-state index contributed by atoms with van der Waals surface area (Å²) >= 11 is 1.57. The van der Waals surface area contributed by atoms with Crippen molar-refractivity contribution >= 4 is 22.9 Å². The van der Waals surface area contributed by atoms with Crippen LogP contribution in [0, 0.1) is 6.92 Å². The SMILES string of the molecule is Cc1oc(-c2ccsc2)nc1CC(=O)Nc1cccc(Oc2ccncc2)c1. The van der Waals surface area contributed by atoms with Crippen LogP contribution in [0.5, 0.6) is 11.5 Å². The molecular formula is C21H17N3O3S. The van der Waals surface area contributed by atoms with Gasteiger partial charge in [0.15, 0.2) is 0 Å². The minimum absolute atomic E-state index is 0.134. The zero-order valence-corrected chi connectivity index (χ0v) is 15.9. The van der Waals surface area contributed by atoms with E-state index in [4.69, 9.17) is 9.15 Å². The minimum atomic E-state index is -0.172. The maximum Gasteiger partial charge on any atom is 0.230 e. The normalized spacial score (nSPS) is 10.6. The molecule has 0 fully saturated rings. The van der Waals surface area contributed by atoms with Crippen molar-refractivity contribution in [2.75, 3.05) is 5.32 Å².